The van der Waals surface area contributed by atoms with Crippen LogP contribution in [0.2, 0.25) is 0 Å². The van der Waals surface area contributed by atoms with Crippen molar-refractivity contribution in [2.45, 2.75) is 20.3 Å². The number of nitrogens with zero attached hydrogens (tertiary/aromatic N) is 2. The summed E-state index contributed by atoms with van der Waals surface area (Å²) in [6, 6.07) is 6.09. The molecule has 0 amide bonds. The molecule has 21 heavy (non-hydrogen) atoms. The van der Waals surface area contributed by atoms with Crippen molar-refractivity contribution >= 4 is 17.7 Å². The largest absolute Gasteiger partial charge is 0.478 e. The highest BCUT2D eigenvalue weighted by Gasteiger charge is 2.09. The van der Waals surface area contributed by atoms with E-state index >= 15 is 0 Å². The maximum absolute atomic E-state index is 10.6. The molecule has 0 saturated carbocycles. The predicted octanol–water partition coefficient (Wildman–Crippen LogP) is 2.87. The Hall–Kier alpha value is -1.81. The average molecular weight is 290 g/mol. The first-order valence-electron chi connectivity index (χ1n) is 7.35. The van der Waals surface area contributed by atoms with E-state index in [1.807, 2.05) is 12.1 Å². The number of hydrogen-bond donors (Lipinski definition) is 1. The van der Waals surface area contributed by atoms with Crippen LogP contribution in [-0.2, 0) is 4.79 Å². The van der Waals surface area contributed by atoms with Gasteiger partial charge in [0.15, 0.2) is 0 Å². The van der Waals surface area contributed by atoms with Crippen molar-refractivity contribution in [1.29, 1.82) is 0 Å². The zero-order valence-corrected chi connectivity index (χ0v) is 13.5. The van der Waals surface area contributed by atoms with Gasteiger partial charge < -0.3 is 14.9 Å². The summed E-state index contributed by atoms with van der Waals surface area (Å²) in [7, 11) is 4.16. The molecule has 0 spiro atoms. The van der Waals surface area contributed by atoms with E-state index in [9.17, 15) is 4.79 Å². The number of aliphatic carboxylic acids is 1. The van der Waals surface area contributed by atoms with E-state index in [-0.39, 0.29) is 0 Å². The lowest BCUT2D eigenvalue weighted by molar-refractivity contribution is -0.131. The molecule has 1 aromatic carbocycles. The SMILES string of the molecule is CCCN(CCN(C)C)c1ccc(C=CC(=O)O)cc1C. The molecule has 4 heteroatoms. The summed E-state index contributed by atoms with van der Waals surface area (Å²) in [6.07, 6.45) is 3.90. The third kappa shape index (κ3) is 6.00. The van der Waals surface area contributed by atoms with Crippen LogP contribution in [0.3, 0.4) is 0 Å². The molecule has 0 aliphatic rings. The number of carbonyl (C=O) groups is 1. The van der Waals surface area contributed by atoms with Crippen LogP contribution < -0.4 is 4.90 Å². The molecule has 0 aliphatic heterocycles. The van der Waals surface area contributed by atoms with E-state index in [1.165, 1.54) is 17.3 Å². The van der Waals surface area contributed by atoms with Gasteiger partial charge in [-0.2, -0.15) is 0 Å². The molecule has 0 fully saturated rings. The van der Waals surface area contributed by atoms with Crippen molar-refractivity contribution < 1.29 is 9.90 Å². The monoisotopic (exact) mass is 290 g/mol. The second kappa shape index (κ2) is 8.47. The van der Waals surface area contributed by atoms with Crippen LogP contribution >= 0.6 is 0 Å². The number of benzene rings is 1. The van der Waals surface area contributed by atoms with E-state index in [4.69, 9.17) is 5.11 Å². The van der Waals surface area contributed by atoms with Gasteiger partial charge in [-0.05, 0) is 56.8 Å². The maximum atomic E-state index is 10.6. The molecular formula is C17H26N2O2. The van der Waals surface area contributed by atoms with E-state index in [0.29, 0.717) is 0 Å². The zero-order valence-electron chi connectivity index (χ0n) is 13.5. The topological polar surface area (TPSA) is 43.8 Å². The second-order valence-corrected chi connectivity index (χ2v) is 5.51. The van der Waals surface area contributed by atoms with Crippen molar-refractivity contribution in [3.63, 3.8) is 0 Å². The van der Waals surface area contributed by atoms with Crippen molar-refractivity contribution in [3.8, 4) is 0 Å². The lowest BCUT2D eigenvalue weighted by Crippen LogP contribution is -2.32. The van der Waals surface area contributed by atoms with Crippen molar-refractivity contribution in [2.75, 3.05) is 38.6 Å². The molecule has 0 heterocycles. The molecule has 0 bridgehead atoms. The fourth-order valence-electron chi connectivity index (χ4n) is 2.25. The Kier molecular flexibility index (Phi) is 6.96. The third-order valence-corrected chi connectivity index (χ3v) is 3.29. The molecule has 1 N–H and O–H groups in total. The van der Waals surface area contributed by atoms with Gasteiger partial charge in [0.2, 0.25) is 0 Å². The van der Waals surface area contributed by atoms with Crippen molar-refractivity contribution in [1.82, 2.24) is 4.90 Å². The third-order valence-electron chi connectivity index (χ3n) is 3.29. The first-order valence-corrected chi connectivity index (χ1v) is 7.35. The van der Waals surface area contributed by atoms with Crippen LogP contribution in [0.25, 0.3) is 6.08 Å². The Morgan fingerprint density at radius 3 is 2.48 bits per heavy atom. The highest BCUT2D eigenvalue weighted by molar-refractivity contribution is 5.85. The summed E-state index contributed by atoms with van der Waals surface area (Å²) in [5.41, 5.74) is 3.32. The van der Waals surface area contributed by atoms with E-state index in [2.05, 4.69) is 43.8 Å². The van der Waals surface area contributed by atoms with E-state index < -0.39 is 5.97 Å². The van der Waals surface area contributed by atoms with Crippen molar-refractivity contribution in [3.05, 3.63) is 35.4 Å². The fraction of sp³-hybridized carbons (Fsp3) is 0.471. The van der Waals surface area contributed by atoms with Gasteiger partial charge in [-0.15, -0.1) is 0 Å². The van der Waals surface area contributed by atoms with Crippen LogP contribution in [0.5, 0.6) is 0 Å². The van der Waals surface area contributed by atoms with Crippen molar-refractivity contribution in [2.24, 2.45) is 0 Å². The minimum Gasteiger partial charge on any atom is -0.478 e. The molecule has 1 aromatic rings. The lowest BCUT2D eigenvalue weighted by atomic mass is 10.1. The summed E-state index contributed by atoms with van der Waals surface area (Å²) < 4.78 is 0. The minimum atomic E-state index is -0.921. The van der Waals surface area contributed by atoms with Gasteiger partial charge in [0, 0.05) is 31.4 Å². The van der Waals surface area contributed by atoms with Gasteiger partial charge in [0.05, 0.1) is 0 Å². The minimum absolute atomic E-state index is 0.919. The molecular weight excluding hydrogens is 264 g/mol. The fourth-order valence-corrected chi connectivity index (χ4v) is 2.25. The second-order valence-electron chi connectivity index (χ2n) is 5.51. The Morgan fingerprint density at radius 2 is 1.95 bits per heavy atom. The highest BCUT2D eigenvalue weighted by atomic mass is 16.4. The van der Waals surface area contributed by atoms with Gasteiger partial charge in [0.1, 0.15) is 0 Å². The number of carboxylic acid groups (broad SMARTS) is 1. The number of carboxylic acids is 1. The van der Waals surface area contributed by atoms with Crippen LogP contribution in [0.15, 0.2) is 24.3 Å². The molecule has 0 aliphatic carbocycles. The number of hydrogen-bond acceptors (Lipinski definition) is 3. The summed E-state index contributed by atoms with van der Waals surface area (Å²) >= 11 is 0. The Balaban J connectivity index is 2.90. The summed E-state index contributed by atoms with van der Waals surface area (Å²) in [6.45, 7) is 7.29. The Morgan fingerprint density at radius 1 is 1.24 bits per heavy atom. The van der Waals surface area contributed by atoms with E-state index in [0.717, 1.165) is 31.6 Å². The van der Waals surface area contributed by atoms with Crippen LogP contribution in [0.1, 0.15) is 24.5 Å². The van der Waals surface area contributed by atoms with Crippen LogP contribution in [0.4, 0.5) is 5.69 Å². The highest BCUT2D eigenvalue weighted by Crippen LogP contribution is 2.22. The van der Waals surface area contributed by atoms with Gasteiger partial charge in [-0.25, -0.2) is 4.79 Å². The van der Waals surface area contributed by atoms with Gasteiger partial charge in [0.25, 0.3) is 0 Å². The summed E-state index contributed by atoms with van der Waals surface area (Å²) in [5, 5.41) is 8.68. The number of aryl methyl sites for hydroxylation is 1. The number of anilines is 1. The Labute approximate surface area is 127 Å². The van der Waals surface area contributed by atoms with Gasteiger partial charge >= 0.3 is 5.97 Å². The first-order chi connectivity index (χ1) is 9.93. The quantitative estimate of drug-likeness (QED) is 0.748. The first kappa shape index (κ1) is 17.2. The zero-order chi connectivity index (χ0) is 15.8. The average Bonchev–Trinajstić information content (AvgIpc) is 2.41. The standard InChI is InChI=1S/C17H26N2O2/c1-5-10-19(12-11-18(3)4)16-8-6-15(13-14(16)2)7-9-17(20)21/h6-9,13H,5,10-12H2,1-4H3,(H,20,21). The molecule has 116 valence electrons. The van der Waals surface area contributed by atoms with Crippen LogP contribution in [0, 0.1) is 6.92 Å². The molecule has 0 radical (unpaired) electrons. The molecule has 0 saturated heterocycles. The number of rotatable bonds is 8. The smallest absolute Gasteiger partial charge is 0.328 e. The molecule has 1 rings (SSSR count). The molecule has 4 nitrogen and oxygen atoms in total. The molecule has 0 aromatic heterocycles. The Bertz CT molecular complexity index is 496. The lowest BCUT2D eigenvalue weighted by Gasteiger charge is -2.27. The van der Waals surface area contributed by atoms with E-state index in [1.54, 1.807) is 6.08 Å². The summed E-state index contributed by atoms with van der Waals surface area (Å²) in [4.78, 5) is 15.1. The summed E-state index contributed by atoms with van der Waals surface area (Å²) in [5.74, 6) is -0.921. The molecule has 0 atom stereocenters. The predicted molar refractivity (Wildman–Crippen MR) is 88.9 cm³/mol. The van der Waals surface area contributed by atoms with Crippen LogP contribution in [-0.4, -0.2) is 49.7 Å². The maximum Gasteiger partial charge on any atom is 0.328 e. The number of likely N-dealkylation sites (N-methyl/N-ethyl adjacent to an activating group) is 1. The van der Waals surface area contributed by atoms with Gasteiger partial charge in [-0.3, -0.25) is 0 Å². The molecule has 0 unspecified atom stereocenters. The normalized spacial score (nSPS) is 11.3. The van der Waals surface area contributed by atoms with Gasteiger partial charge in [-0.1, -0.05) is 13.0 Å².